The van der Waals surface area contributed by atoms with Crippen molar-refractivity contribution in [3.05, 3.63) is 29.6 Å². The number of alkyl halides is 3. The van der Waals surface area contributed by atoms with Gasteiger partial charge in [-0.15, -0.1) is 0 Å². The number of pyridine rings is 1. The number of hydrogen-bond acceptors (Lipinski definition) is 1. The van der Waals surface area contributed by atoms with Gasteiger partial charge in [-0.2, -0.15) is 13.2 Å². The highest BCUT2D eigenvalue weighted by Gasteiger charge is 2.32. The van der Waals surface area contributed by atoms with Gasteiger partial charge in [0.25, 0.3) is 0 Å². The minimum Gasteiger partial charge on any atom is -0.261 e. The zero-order valence-electron chi connectivity index (χ0n) is 5.74. The molecule has 0 N–H and O–H groups in total. The van der Waals surface area contributed by atoms with Gasteiger partial charge in [-0.3, -0.25) is 4.98 Å². The predicted molar refractivity (Wildman–Crippen MR) is 32.8 cm³/mol. The third kappa shape index (κ3) is 1.69. The lowest BCUT2D eigenvalue weighted by molar-refractivity contribution is -0.138. The van der Waals surface area contributed by atoms with Gasteiger partial charge >= 0.3 is 6.18 Å². The molecule has 4 heteroatoms. The van der Waals surface area contributed by atoms with E-state index in [1.165, 1.54) is 13.1 Å². The van der Waals surface area contributed by atoms with Gasteiger partial charge in [0.2, 0.25) is 0 Å². The standard InChI is InChI=1S/C7H5F3N/c1-5-6(7(8,9)10)3-2-4-11-5/h2,4H,1H3. The van der Waals surface area contributed by atoms with Crippen LogP contribution in [0.2, 0.25) is 0 Å². The molecule has 0 saturated heterocycles. The fraction of sp³-hybridized carbons (Fsp3) is 0.286. The SMILES string of the molecule is Cc1ncc[c]c1C(F)(F)F. The second-order valence-electron chi connectivity index (χ2n) is 2.05. The first kappa shape index (κ1) is 8.04. The quantitative estimate of drug-likeness (QED) is 0.567. The van der Waals surface area contributed by atoms with Crippen molar-refractivity contribution in [3.63, 3.8) is 0 Å². The summed E-state index contributed by atoms with van der Waals surface area (Å²) >= 11 is 0. The molecule has 0 spiro atoms. The Bertz CT molecular complexity index is 254. The minimum atomic E-state index is -4.33. The van der Waals surface area contributed by atoms with Crippen molar-refractivity contribution in [2.45, 2.75) is 13.1 Å². The normalized spacial score (nSPS) is 11.6. The topological polar surface area (TPSA) is 12.9 Å². The third-order valence-corrected chi connectivity index (χ3v) is 1.22. The van der Waals surface area contributed by atoms with E-state index in [0.29, 0.717) is 0 Å². The summed E-state index contributed by atoms with van der Waals surface area (Å²) in [7, 11) is 0. The molecule has 0 aliphatic carbocycles. The maximum Gasteiger partial charge on any atom is 0.418 e. The minimum absolute atomic E-state index is 0.0417. The van der Waals surface area contributed by atoms with E-state index in [-0.39, 0.29) is 5.69 Å². The van der Waals surface area contributed by atoms with Crippen molar-refractivity contribution >= 4 is 0 Å². The van der Waals surface area contributed by atoms with E-state index in [2.05, 4.69) is 11.1 Å². The molecular weight excluding hydrogens is 155 g/mol. The van der Waals surface area contributed by atoms with E-state index < -0.39 is 11.7 Å². The van der Waals surface area contributed by atoms with Gasteiger partial charge in [0.15, 0.2) is 0 Å². The largest absolute Gasteiger partial charge is 0.418 e. The number of rotatable bonds is 0. The summed E-state index contributed by atoms with van der Waals surface area (Å²) in [6, 6.07) is 3.24. The molecule has 1 heterocycles. The first-order valence-corrected chi connectivity index (χ1v) is 2.92. The van der Waals surface area contributed by atoms with Crippen LogP contribution in [0, 0.1) is 13.0 Å². The van der Waals surface area contributed by atoms with Gasteiger partial charge in [0.1, 0.15) is 0 Å². The summed E-state index contributed by atoms with van der Waals surface area (Å²) < 4.78 is 35.9. The van der Waals surface area contributed by atoms with Gasteiger partial charge < -0.3 is 0 Å². The van der Waals surface area contributed by atoms with Crippen LogP contribution in [-0.2, 0) is 6.18 Å². The van der Waals surface area contributed by atoms with Crippen LogP contribution in [0.15, 0.2) is 12.3 Å². The van der Waals surface area contributed by atoms with Crippen molar-refractivity contribution in [2.24, 2.45) is 0 Å². The highest BCUT2D eigenvalue weighted by atomic mass is 19.4. The second-order valence-corrected chi connectivity index (χ2v) is 2.05. The Morgan fingerprint density at radius 1 is 1.45 bits per heavy atom. The molecule has 0 amide bonds. The Balaban J connectivity index is 3.14. The average Bonchev–Trinajstić information content (AvgIpc) is 1.86. The average molecular weight is 160 g/mol. The molecule has 59 valence electrons. The maximum atomic E-state index is 12.0. The van der Waals surface area contributed by atoms with Gasteiger partial charge in [-0.1, -0.05) is 0 Å². The molecule has 0 aliphatic heterocycles. The molecule has 11 heavy (non-hydrogen) atoms. The van der Waals surface area contributed by atoms with Crippen LogP contribution in [0.25, 0.3) is 0 Å². The molecule has 1 radical (unpaired) electrons. The molecule has 1 rings (SSSR count). The molecule has 0 atom stereocenters. The van der Waals surface area contributed by atoms with Gasteiger partial charge in [-0.25, -0.2) is 0 Å². The molecular formula is C7H5F3N. The van der Waals surface area contributed by atoms with E-state index in [9.17, 15) is 13.2 Å². The Hall–Kier alpha value is -1.06. The van der Waals surface area contributed by atoms with E-state index >= 15 is 0 Å². The summed E-state index contributed by atoms with van der Waals surface area (Å²) in [6.45, 7) is 1.30. The van der Waals surface area contributed by atoms with Crippen LogP contribution >= 0.6 is 0 Å². The molecule has 0 unspecified atom stereocenters. The predicted octanol–water partition coefficient (Wildman–Crippen LogP) is 2.21. The fourth-order valence-corrected chi connectivity index (χ4v) is 0.726. The van der Waals surface area contributed by atoms with Crippen LogP contribution in [0.4, 0.5) is 13.2 Å². The van der Waals surface area contributed by atoms with Crippen molar-refractivity contribution in [3.8, 4) is 0 Å². The number of aromatic nitrogens is 1. The van der Waals surface area contributed by atoms with E-state index in [0.717, 1.165) is 6.07 Å². The summed E-state index contributed by atoms with van der Waals surface area (Å²) in [6.07, 6.45) is -3.05. The molecule has 0 bridgehead atoms. The van der Waals surface area contributed by atoms with Gasteiger partial charge in [-0.05, 0) is 19.1 Å². The highest BCUT2D eigenvalue weighted by molar-refractivity contribution is 5.19. The van der Waals surface area contributed by atoms with Crippen LogP contribution < -0.4 is 0 Å². The summed E-state index contributed by atoms with van der Waals surface area (Å²) in [4.78, 5) is 3.49. The van der Waals surface area contributed by atoms with Crippen molar-refractivity contribution in [1.29, 1.82) is 0 Å². The molecule has 0 aromatic carbocycles. The smallest absolute Gasteiger partial charge is 0.261 e. The zero-order chi connectivity index (χ0) is 8.48. The van der Waals surface area contributed by atoms with Crippen molar-refractivity contribution < 1.29 is 13.2 Å². The monoisotopic (exact) mass is 160 g/mol. The number of nitrogens with zero attached hydrogens (tertiary/aromatic N) is 1. The van der Waals surface area contributed by atoms with Crippen LogP contribution in [0.1, 0.15) is 11.3 Å². The van der Waals surface area contributed by atoms with Crippen molar-refractivity contribution in [1.82, 2.24) is 4.98 Å². The van der Waals surface area contributed by atoms with E-state index in [4.69, 9.17) is 0 Å². The second kappa shape index (κ2) is 2.53. The number of halogens is 3. The molecule has 1 aromatic heterocycles. The lowest BCUT2D eigenvalue weighted by Gasteiger charge is -2.06. The molecule has 0 aliphatic rings. The summed E-state index contributed by atoms with van der Waals surface area (Å²) in [5, 5.41) is 0. The molecule has 0 saturated carbocycles. The van der Waals surface area contributed by atoms with Gasteiger partial charge in [0.05, 0.1) is 11.3 Å². The Kier molecular flexibility index (Phi) is 1.85. The molecule has 1 nitrogen and oxygen atoms in total. The number of hydrogen-bond donors (Lipinski definition) is 0. The van der Waals surface area contributed by atoms with Crippen molar-refractivity contribution in [2.75, 3.05) is 0 Å². The third-order valence-electron chi connectivity index (χ3n) is 1.22. The Morgan fingerprint density at radius 2 is 2.09 bits per heavy atom. The fourth-order valence-electron chi connectivity index (χ4n) is 0.726. The zero-order valence-corrected chi connectivity index (χ0v) is 5.74. The Labute approximate surface area is 61.9 Å². The lowest BCUT2D eigenvalue weighted by Crippen LogP contribution is -2.08. The summed E-state index contributed by atoms with van der Waals surface area (Å²) in [5.74, 6) is 0. The Morgan fingerprint density at radius 3 is 2.45 bits per heavy atom. The van der Waals surface area contributed by atoms with E-state index in [1.807, 2.05) is 0 Å². The summed E-state index contributed by atoms with van der Waals surface area (Å²) in [5.41, 5.74) is -0.833. The highest BCUT2D eigenvalue weighted by Crippen LogP contribution is 2.29. The van der Waals surface area contributed by atoms with E-state index in [1.54, 1.807) is 0 Å². The maximum absolute atomic E-state index is 12.0. The first-order chi connectivity index (χ1) is 5.02. The first-order valence-electron chi connectivity index (χ1n) is 2.92. The molecule has 0 fully saturated rings. The van der Waals surface area contributed by atoms with Crippen LogP contribution in [0.5, 0.6) is 0 Å². The van der Waals surface area contributed by atoms with Crippen LogP contribution in [0.3, 0.4) is 0 Å². The lowest BCUT2D eigenvalue weighted by atomic mass is 10.2. The number of aryl methyl sites for hydroxylation is 1. The van der Waals surface area contributed by atoms with Crippen LogP contribution in [-0.4, -0.2) is 4.98 Å². The molecule has 1 aromatic rings. The van der Waals surface area contributed by atoms with Gasteiger partial charge in [0, 0.05) is 6.20 Å².